The molecule has 0 bridgehead atoms. The van der Waals surface area contributed by atoms with Gasteiger partial charge >= 0.3 is 0 Å². The fourth-order valence-corrected chi connectivity index (χ4v) is 2.97. The zero-order chi connectivity index (χ0) is 10.7. The third kappa shape index (κ3) is 2.50. The summed E-state index contributed by atoms with van der Waals surface area (Å²) in [4.78, 5) is 2.46. The lowest BCUT2D eigenvalue weighted by atomic mass is 9.87. The molecule has 15 heavy (non-hydrogen) atoms. The molecule has 1 heterocycles. The lowest BCUT2D eigenvalue weighted by molar-refractivity contribution is 0.102. The Morgan fingerprint density at radius 3 is 2.60 bits per heavy atom. The highest BCUT2D eigenvalue weighted by atomic mass is 15.2. The number of piperidine rings is 1. The van der Waals surface area contributed by atoms with Crippen molar-refractivity contribution in [1.29, 1.82) is 5.26 Å². The van der Waals surface area contributed by atoms with Gasteiger partial charge < -0.3 is 5.73 Å². The van der Waals surface area contributed by atoms with Gasteiger partial charge in [-0.3, -0.25) is 4.90 Å². The van der Waals surface area contributed by atoms with Crippen molar-refractivity contribution in [3.63, 3.8) is 0 Å². The van der Waals surface area contributed by atoms with Crippen LogP contribution in [0.1, 0.15) is 44.9 Å². The van der Waals surface area contributed by atoms with Crippen LogP contribution in [-0.2, 0) is 0 Å². The molecule has 0 aromatic carbocycles. The largest absolute Gasteiger partial charge is 0.312 e. The highest BCUT2D eigenvalue weighted by Crippen LogP contribution is 2.27. The van der Waals surface area contributed by atoms with E-state index in [4.69, 9.17) is 11.0 Å². The van der Waals surface area contributed by atoms with Gasteiger partial charge in [0.05, 0.1) is 6.07 Å². The molecule has 1 aliphatic carbocycles. The molecular weight excluding hydrogens is 186 g/mol. The lowest BCUT2D eigenvalue weighted by Gasteiger charge is -2.41. The van der Waals surface area contributed by atoms with Crippen LogP contribution in [0.5, 0.6) is 0 Å². The minimum absolute atomic E-state index is 0.574. The van der Waals surface area contributed by atoms with E-state index in [1.54, 1.807) is 0 Å². The smallest absolute Gasteiger partial charge is 0.117 e. The molecular formula is C12H21N3. The molecule has 2 fully saturated rings. The van der Waals surface area contributed by atoms with Gasteiger partial charge in [-0.05, 0) is 32.2 Å². The predicted molar refractivity (Wildman–Crippen MR) is 60.2 cm³/mol. The molecule has 0 aromatic heterocycles. The van der Waals surface area contributed by atoms with E-state index < -0.39 is 5.54 Å². The van der Waals surface area contributed by atoms with E-state index in [9.17, 15) is 0 Å². The summed E-state index contributed by atoms with van der Waals surface area (Å²) in [6, 6.07) is 2.99. The zero-order valence-corrected chi connectivity index (χ0v) is 9.41. The van der Waals surface area contributed by atoms with E-state index in [-0.39, 0.29) is 0 Å². The van der Waals surface area contributed by atoms with E-state index in [0.717, 1.165) is 25.9 Å². The Morgan fingerprint density at radius 1 is 1.20 bits per heavy atom. The zero-order valence-electron chi connectivity index (χ0n) is 9.41. The molecule has 3 heteroatoms. The van der Waals surface area contributed by atoms with Crippen molar-refractivity contribution in [3.8, 4) is 6.07 Å². The number of rotatable bonds is 1. The van der Waals surface area contributed by atoms with Gasteiger partial charge in [-0.1, -0.05) is 19.3 Å². The maximum Gasteiger partial charge on any atom is 0.117 e. The fraction of sp³-hybridized carbons (Fsp3) is 0.917. The average molecular weight is 207 g/mol. The van der Waals surface area contributed by atoms with Gasteiger partial charge in [0.1, 0.15) is 5.54 Å². The first-order valence-corrected chi connectivity index (χ1v) is 6.18. The van der Waals surface area contributed by atoms with Crippen molar-refractivity contribution in [2.45, 2.75) is 56.5 Å². The lowest BCUT2D eigenvalue weighted by Crippen LogP contribution is -2.56. The molecule has 0 spiro atoms. The molecule has 1 unspecified atom stereocenters. The summed E-state index contributed by atoms with van der Waals surface area (Å²) in [6.07, 6.45) is 8.66. The van der Waals surface area contributed by atoms with Gasteiger partial charge in [0.15, 0.2) is 0 Å². The summed E-state index contributed by atoms with van der Waals surface area (Å²) in [6.45, 7) is 1.93. The minimum atomic E-state index is -0.574. The van der Waals surface area contributed by atoms with Gasteiger partial charge in [-0.2, -0.15) is 5.26 Å². The molecule has 0 aromatic rings. The van der Waals surface area contributed by atoms with Crippen molar-refractivity contribution < 1.29 is 0 Å². The summed E-state index contributed by atoms with van der Waals surface area (Å²) in [5.74, 6) is 0. The highest BCUT2D eigenvalue weighted by molar-refractivity contribution is 5.09. The molecule has 0 radical (unpaired) electrons. The Hall–Kier alpha value is -0.590. The summed E-state index contributed by atoms with van der Waals surface area (Å²) in [5, 5.41) is 9.06. The number of likely N-dealkylation sites (tertiary alicyclic amines) is 1. The summed E-state index contributed by atoms with van der Waals surface area (Å²) < 4.78 is 0. The maximum atomic E-state index is 9.06. The Bertz CT molecular complexity index is 252. The van der Waals surface area contributed by atoms with Gasteiger partial charge in [-0.15, -0.1) is 0 Å². The molecule has 1 saturated heterocycles. The van der Waals surface area contributed by atoms with E-state index in [1.807, 2.05) is 0 Å². The molecule has 0 amide bonds. The van der Waals surface area contributed by atoms with Crippen molar-refractivity contribution in [3.05, 3.63) is 0 Å². The van der Waals surface area contributed by atoms with Crippen LogP contribution in [0.2, 0.25) is 0 Å². The minimum Gasteiger partial charge on any atom is -0.312 e. The van der Waals surface area contributed by atoms with Crippen LogP contribution >= 0.6 is 0 Å². The monoisotopic (exact) mass is 207 g/mol. The number of nitrogens with two attached hydrogens (primary N) is 1. The SMILES string of the molecule is N#CC1(N)CCCN(C2CCCCC2)C1. The Labute approximate surface area is 92.2 Å². The maximum absolute atomic E-state index is 9.06. The Morgan fingerprint density at radius 2 is 1.93 bits per heavy atom. The van der Waals surface area contributed by atoms with E-state index >= 15 is 0 Å². The number of nitriles is 1. The van der Waals surface area contributed by atoms with Crippen molar-refractivity contribution in [1.82, 2.24) is 4.90 Å². The fourth-order valence-electron chi connectivity index (χ4n) is 2.97. The summed E-state index contributed by atoms with van der Waals surface area (Å²) >= 11 is 0. The van der Waals surface area contributed by atoms with Gasteiger partial charge in [0, 0.05) is 12.6 Å². The second-order valence-corrected chi connectivity index (χ2v) is 5.13. The molecule has 1 atom stereocenters. The van der Waals surface area contributed by atoms with Crippen LogP contribution in [0.15, 0.2) is 0 Å². The third-order valence-electron chi connectivity index (χ3n) is 3.87. The number of hydrogen-bond donors (Lipinski definition) is 1. The number of hydrogen-bond acceptors (Lipinski definition) is 3. The van der Waals surface area contributed by atoms with Crippen LogP contribution < -0.4 is 5.73 Å². The third-order valence-corrected chi connectivity index (χ3v) is 3.87. The Kier molecular flexibility index (Phi) is 3.28. The molecule has 2 aliphatic rings. The molecule has 2 N–H and O–H groups in total. The van der Waals surface area contributed by atoms with Crippen LogP contribution in [0.3, 0.4) is 0 Å². The van der Waals surface area contributed by atoms with Gasteiger partial charge in [0.25, 0.3) is 0 Å². The standard InChI is InChI=1S/C12H21N3/c13-9-12(14)7-4-8-15(10-12)11-5-2-1-3-6-11/h11H,1-8,10,14H2. The quantitative estimate of drug-likeness (QED) is 0.711. The molecule has 2 rings (SSSR count). The second-order valence-electron chi connectivity index (χ2n) is 5.13. The van der Waals surface area contributed by atoms with Crippen molar-refractivity contribution in [2.24, 2.45) is 5.73 Å². The van der Waals surface area contributed by atoms with Gasteiger partial charge in [0.2, 0.25) is 0 Å². The van der Waals surface area contributed by atoms with Crippen molar-refractivity contribution in [2.75, 3.05) is 13.1 Å². The van der Waals surface area contributed by atoms with E-state index in [0.29, 0.717) is 6.04 Å². The van der Waals surface area contributed by atoms with Crippen LogP contribution in [0.25, 0.3) is 0 Å². The number of nitrogens with zero attached hydrogens (tertiary/aromatic N) is 2. The molecule has 1 saturated carbocycles. The Balaban J connectivity index is 1.95. The first-order valence-electron chi connectivity index (χ1n) is 6.18. The molecule has 3 nitrogen and oxygen atoms in total. The van der Waals surface area contributed by atoms with Crippen LogP contribution in [0.4, 0.5) is 0 Å². The molecule has 1 aliphatic heterocycles. The topological polar surface area (TPSA) is 53.1 Å². The predicted octanol–water partition coefficient (Wildman–Crippen LogP) is 1.64. The normalized spacial score (nSPS) is 34.9. The van der Waals surface area contributed by atoms with Gasteiger partial charge in [-0.25, -0.2) is 0 Å². The summed E-state index contributed by atoms with van der Waals surface area (Å²) in [7, 11) is 0. The first kappa shape index (κ1) is 10.9. The molecule has 84 valence electrons. The van der Waals surface area contributed by atoms with Crippen LogP contribution in [0, 0.1) is 11.3 Å². The average Bonchev–Trinajstić information content (AvgIpc) is 2.30. The van der Waals surface area contributed by atoms with Crippen LogP contribution in [-0.4, -0.2) is 29.6 Å². The van der Waals surface area contributed by atoms with Crippen molar-refractivity contribution >= 4 is 0 Å². The first-order chi connectivity index (χ1) is 7.23. The second kappa shape index (κ2) is 4.51. The summed E-state index contributed by atoms with van der Waals surface area (Å²) in [5.41, 5.74) is 5.48. The van der Waals surface area contributed by atoms with E-state index in [1.165, 1.54) is 32.1 Å². The van der Waals surface area contributed by atoms with E-state index in [2.05, 4.69) is 11.0 Å². The highest BCUT2D eigenvalue weighted by Gasteiger charge is 2.34.